The molecule has 0 saturated heterocycles. The molecule has 0 spiro atoms. The molecule has 1 N–H and O–H groups in total. The van der Waals surface area contributed by atoms with Crippen molar-refractivity contribution in [1.82, 2.24) is 15.2 Å². The summed E-state index contributed by atoms with van der Waals surface area (Å²) in [6.07, 6.45) is 7.80. The average Bonchev–Trinajstić information content (AvgIpc) is 3.58. The van der Waals surface area contributed by atoms with E-state index >= 15 is 0 Å². The summed E-state index contributed by atoms with van der Waals surface area (Å²) < 4.78 is 11.2. The fourth-order valence-corrected chi connectivity index (χ4v) is 4.22. The monoisotopic (exact) mass is 445 g/mol. The SMILES string of the molecule is O=C(NCc1ccnc(OC2CCCC2)c1)c1ccc2c(c1)C(=O)N(Cc1ccco1)C2=O. The molecule has 3 aromatic rings. The number of benzene rings is 1. The van der Waals surface area contributed by atoms with Crippen LogP contribution in [-0.4, -0.2) is 33.7 Å². The second-order valence-electron chi connectivity index (χ2n) is 8.25. The highest BCUT2D eigenvalue weighted by molar-refractivity contribution is 6.22. The second-order valence-corrected chi connectivity index (χ2v) is 8.25. The van der Waals surface area contributed by atoms with Crippen LogP contribution in [0.25, 0.3) is 0 Å². The van der Waals surface area contributed by atoms with Gasteiger partial charge < -0.3 is 14.5 Å². The van der Waals surface area contributed by atoms with Gasteiger partial charge in [-0.25, -0.2) is 4.98 Å². The van der Waals surface area contributed by atoms with Crippen LogP contribution in [0.15, 0.2) is 59.3 Å². The van der Waals surface area contributed by atoms with E-state index in [1.54, 1.807) is 24.4 Å². The minimum absolute atomic E-state index is 0.0498. The Labute approximate surface area is 190 Å². The van der Waals surface area contributed by atoms with Gasteiger partial charge >= 0.3 is 0 Å². The number of amides is 3. The van der Waals surface area contributed by atoms with Gasteiger partial charge in [0.05, 0.1) is 23.9 Å². The molecule has 33 heavy (non-hydrogen) atoms. The van der Waals surface area contributed by atoms with Crippen LogP contribution >= 0.6 is 0 Å². The molecule has 8 heteroatoms. The van der Waals surface area contributed by atoms with Gasteiger partial charge in [0.15, 0.2) is 0 Å². The van der Waals surface area contributed by atoms with Crippen LogP contribution < -0.4 is 10.1 Å². The molecule has 1 aliphatic carbocycles. The predicted molar refractivity (Wildman–Crippen MR) is 118 cm³/mol. The standard InChI is InChI=1S/C25H23N3O5/c29-23(27-14-16-9-10-26-22(12-16)33-18-4-1-2-5-18)17-7-8-20-21(13-17)25(31)28(24(20)30)15-19-6-3-11-32-19/h3,6-13,18H,1-2,4-5,14-15H2,(H,27,29). The van der Waals surface area contributed by atoms with Crippen molar-refractivity contribution in [2.75, 3.05) is 0 Å². The van der Waals surface area contributed by atoms with Crippen LogP contribution in [0.2, 0.25) is 0 Å². The lowest BCUT2D eigenvalue weighted by Crippen LogP contribution is -2.28. The number of imide groups is 1. The smallest absolute Gasteiger partial charge is 0.261 e. The van der Waals surface area contributed by atoms with Gasteiger partial charge in [0.25, 0.3) is 17.7 Å². The fraction of sp³-hybridized carbons (Fsp3) is 0.280. The van der Waals surface area contributed by atoms with Crippen LogP contribution in [0.1, 0.15) is 68.1 Å². The van der Waals surface area contributed by atoms with Crippen molar-refractivity contribution in [1.29, 1.82) is 0 Å². The van der Waals surface area contributed by atoms with Gasteiger partial charge in [-0.3, -0.25) is 19.3 Å². The number of hydrogen-bond donors (Lipinski definition) is 1. The maximum Gasteiger partial charge on any atom is 0.261 e. The number of hydrogen-bond acceptors (Lipinski definition) is 6. The first-order chi connectivity index (χ1) is 16.1. The number of ether oxygens (including phenoxy) is 1. The average molecular weight is 445 g/mol. The van der Waals surface area contributed by atoms with E-state index in [1.807, 2.05) is 12.1 Å². The summed E-state index contributed by atoms with van der Waals surface area (Å²) in [5, 5.41) is 2.85. The fourth-order valence-electron chi connectivity index (χ4n) is 4.22. The van der Waals surface area contributed by atoms with Crippen molar-refractivity contribution in [2.45, 2.75) is 44.9 Å². The lowest BCUT2D eigenvalue weighted by Gasteiger charge is -2.13. The van der Waals surface area contributed by atoms with Crippen molar-refractivity contribution in [2.24, 2.45) is 0 Å². The maximum absolute atomic E-state index is 12.8. The van der Waals surface area contributed by atoms with E-state index in [4.69, 9.17) is 9.15 Å². The molecular weight excluding hydrogens is 422 g/mol. The minimum atomic E-state index is -0.441. The molecule has 8 nitrogen and oxygen atoms in total. The number of aromatic nitrogens is 1. The van der Waals surface area contributed by atoms with Crippen molar-refractivity contribution < 1.29 is 23.5 Å². The van der Waals surface area contributed by atoms with Crippen molar-refractivity contribution in [3.63, 3.8) is 0 Å². The van der Waals surface area contributed by atoms with Crippen LogP contribution in [0.3, 0.4) is 0 Å². The van der Waals surface area contributed by atoms with Gasteiger partial charge in [0, 0.05) is 24.4 Å². The first kappa shape index (κ1) is 20.9. The van der Waals surface area contributed by atoms with Crippen LogP contribution in [-0.2, 0) is 13.1 Å². The highest BCUT2D eigenvalue weighted by Gasteiger charge is 2.36. The zero-order valence-electron chi connectivity index (χ0n) is 18.0. The zero-order chi connectivity index (χ0) is 22.8. The first-order valence-electron chi connectivity index (χ1n) is 11.0. The van der Waals surface area contributed by atoms with Crippen LogP contribution in [0.5, 0.6) is 5.88 Å². The van der Waals surface area contributed by atoms with E-state index in [-0.39, 0.29) is 36.2 Å². The summed E-state index contributed by atoms with van der Waals surface area (Å²) in [4.78, 5) is 43.5. The van der Waals surface area contributed by atoms with Crippen molar-refractivity contribution in [3.05, 3.63) is 82.9 Å². The zero-order valence-corrected chi connectivity index (χ0v) is 18.0. The minimum Gasteiger partial charge on any atom is -0.474 e. The normalized spacial score (nSPS) is 15.7. The molecule has 1 fully saturated rings. The van der Waals surface area contributed by atoms with Gasteiger partial charge in [-0.2, -0.15) is 0 Å². The lowest BCUT2D eigenvalue weighted by atomic mass is 10.1. The van der Waals surface area contributed by atoms with Crippen LogP contribution in [0, 0.1) is 0 Å². The summed E-state index contributed by atoms with van der Waals surface area (Å²) in [5.41, 5.74) is 1.68. The quantitative estimate of drug-likeness (QED) is 0.556. The Bertz CT molecular complexity index is 1200. The Hall–Kier alpha value is -3.94. The van der Waals surface area contributed by atoms with Gasteiger partial charge in [0.2, 0.25) is 5.88 Å². The largest absolute Gasteiger partial charge is 0.474 e. The first-order valence-corrected chi connectivity index (χ1v) is 11.0. The Balaban J connectivity index is 1.24. The molecule has 168 valence electrons. The molecular formula is C25H23N3O5. The number of carbonyl (C=O) groups is 3. The summed E-state index contributed by atoms with van der Waals surface area (Å²) >= 11 is 0. The lowest BCUT2D eigenvalue weighted by molar-refractivity contribution is 0.0631. The molecule has 5 rings (SSSR count). The number of nitrogens with zero attached hydrogens (tertiary/aromatic N) is 2. The molecule has 3 amide bonds. The number of carbonyl (C=O) groups excluding carboxylic acids is 3. The van der Waals surface area contributed by atoms with E-state index < -0.39 is 11.8 Å². The molecule has 1 saturated carbocycles. The molecule has 1 aromatic carbocycles. The van der Waals surface area contributed by atoms with Gasteiger partial charge in [-0.15, -0.1) is 0 Å². The highest BCUT2D eigenvalue weighted by Crippen LogP contribution is 2.26. The topological polar surface area (TPSA) is 102 Å². The number of nitrogens with one attached hydrogen (secondary N) is 1. The maximum atomic E-state index is 12.8. The van der Waals surface area contributed by atoms with Crippen LogP contribution in [0.4, 0.5) is 0 Å². The third kappa shape index (κ3) is 4.37. The summed E-state index contributed by atoms with van der Waals surface area (Å²) in [6, 6.07) is 11.6. The van der Waals surface area contributed by atoms with Crippen molar-refractivity contribution in [3.8, 4) is 5.88 Å². The molecule has 0 atom stereocenters. The summed E-state index contributed by atoms with van der Waals surface area (Å²) in [7, 11) is 0. The molecule has 2 aliphatic rings. The molecule has 2 aromatic heterocycles. The van der Waals surface area contributed by atoms with Crippen molar-refractivity contribution >= 4 is 17.7 Å². The molecule has 1 aliphatic heterocycles. The highest BCUT2D eigenvalue weighted by atomic mass is 16.5. The number of rotatable bonds is 7. The third-order valence-electron chi connectivity index (χ3n) is 5.97. The molecule has 0 unspecified atom stereocenters. The Kier molecular flexibility index (Phi) is 5.64. The summed E-state index contributed by atoms with van der Waals surface area (Å²) in [5.74, 6) is -0.102. The van der Waals surface area contributed by atoms with E-state index in [0.717, 1.165) is 23.3 Å². The predicted octanol–water partition coefficient (Wildman–Crippen LogP) is 3.72. The Morgan fingerprint density at radius 2 is 1.91 bits per heavy atom. The third-order valence-corrected chi connectivity index (χ3v) is 5.97. The van der Waals surface area contributed by atoms with Gasteiger partial charge in [0.1, 0.15) is 11.9 Å². The van der Waals surface area contributed by atoms with E-state index in [0.29, 0.717) is 17.2 Å². The van der Waals surface area contributed by atoms with E-state index in [1.165, 1.54) is 31.2 Å². The number of furan rings is 1. The Morgan fingerprint density at radius 1 is 1.09 bits per heavy atom. The van der Waals surface area contributed by atoms with E-state index in [2.05, 4.69) is 10.3 Å². The summed E-state index contributed by atoms with van der Waals surface area (Å²) in [6.45, 7) is 0.338. The van der Waals surface area contributed by atoms with Gasteiger partial charge in [-0.05, 0) is 67.6 Å². The molecule has 3 heterocycles. The Morgan fingerprint density at radius 3 is 2.70 bits per heavy atom. The molecule has 0 radical (unpaired) electrons. The van der Waals surface area contributed by atoms with E-state index in [9.17, 15) is 14.4 Å². The van der Waals surface area contributed by atoms with Gasteiger partial charge in [-0.1, -0.05) is 0 Å². The second kappa shape index (κ2) is 8.90. The number of fused-ring (bicyclic) bond motifs is 1. The molecule has 0 bridgehead atoms. The number of pyridine rings is 1.